The van der Waals surface area contributed by atoms with Gasteiger partial charge in [-0.1, -0.05) is 12.1 Å². The van der Waals surface area contributed by atoms with E-state index in [0.29, 0.717) is 25.4 Å². The van der Waals surface area contributed by atoms with E-state index in [9.17, 15) is 9.59 Å². The van der Waals surface area contributed by atoms with Gasteiger partial charge in [0.1, 0.15) is 5.75 Å². The lowest BCUT2D eigenvalue weighted by molar-refractivity contribution is -0.143. The molecule has 0 spiro atoms. The molecule has 6 nitrogen and oxygen atoms in total. The topological polar surface area (TPSA) is 78.9 Å². The highest BCUT2D eigenvalue weighted by atomic mass is 16.5. The predicted molar refractivity (Wildman–Crippen MR) is 86.4 cm³/mol. The Morgan fingerprint density at radius 2 is 2.17 bits per heavy atom. The number of carbonyl (C=O) groups excluding carboxylic acids is 1. The molecule has 0 saturated carbocycles. The SMILES string of the molecule is Cc1ccc(C)c(OCC(=O)NCN2CCCC(C(=O)O)C2)c1. The van der Waals surface area contributed by atoms with Crippen molar-refractivity contribution in [1.82, 2.24) is 10.2 Å². The Morgan fingerprint density at radius 1 is 1.39 bits per heavy atom. The van der Waals surface area contributed by atoms with E-state index >= 15 is 0 Å². The molecule has 23 heavy (non-hydrogen) atoms. The Kier molecular flexibility index (Phi) is 5.98. The summed E-state index contributed by atoms with van der Waals surface area (Å²) in [5, 5.41) is 11.8. The number of likely N-dealkylation sites (tertiary alicyclic amines) is 1. The number of aryl methyl sites for hydroxylation is 2. The zero-order valence-electron chi connectivity index (χ0n) is 13.7. The second kappa shape index (κ2) is 7.97. The molecular weight excluding hydrogens is 296 g/mol. The van der Waals surface area contributed by atoms with E-state index in [1.165, 1.54) is 0 Å². The van der Waals surface area contributed by atoms with Gasteiger partial charge < -0.3 is 15.2 Å². The second-order valence-electron chi connectivity index (χ2n) is 6.07. The summed E-state index contributed by atoms with van der Waals surface area (Å²) in [7, 11) is 0. The summed E-state index contributed by atoms with van der Waals surface area (Å²) in [5.74, 6) is -0.599. The Bertz CT molecular complexity index is 574. The highest BCUT2D eigenvalue weighted by Crippen LogP contribution is 2.19. The Balaban J connectivity index is 1.75. The van der Waals surface area contributed by atoms with Crippen molar-refractivity contribution in [2.45, 2.75) is 26.7 Å². The molecule has 1 atom stereocenters. The summed E-state index contributed by atoms with van der Waals surface area (Å²) in [4.78, 5) is 24.9. The lowest BCUT2D eigenvalue weighted by Crippen LogP contribution is -2.45. The molecule has 1 aromatic rings. The molecule has 1 aliphatic rings. The number of hydrogen-bond donors (Lipinski definition) is 2. The molecule has 2 rings (SSSR count). The van der Waals surface area contributed by atoms with Crippen molar-refractivity contribution >= 4 is 11.9 Å². The molecule has 0 bridgehead atoms. The Hall–Kier alpha value is -2.08. The van der Waals surface area contributed by atoms with Gasteiger partial charge in [-0.05, 0) is 50.4 Å². The van der Waals surface area contributed by atoms with Gasteiger partial charge in [0.25, 0.3) is 5.91 Å². The second-order valence-corrected chi connectivity index (χ2v) is 6.07. The number of piperidine rings is 1. The summed E-state index contributed by atoms with van der Waals surface area (Å²) < 4.78 is 5.55. The lowest BCUT2D eigenvalue weighted by atomic mass is 9.99. The van der Waals surface area contributed by atoms with E-state index in [4.69, 9.17) is 9.84 Å². The van der Waals surface area contributed by atoms with Gasteiger partial charge in [-0.25, -0.2) is 0 Å². The zero-order chi connectivity index (χ0) is 16.8. The van der Waals surface area contributed by atoms with Crippen molar-refractivity contribution in [1.29, 1.82) is 0 Å². The van der Waals surface area contributed by atoms with Crippen molar-refractivity contribution in [3.8, 4) is 5.75 Å². The van der Waals surface area contributed by atoms with Crippen LogP contribution in [0.5, 0.6) is 5.75 Å². The summed E-state index contributed by atoms with van der Waals surface area (Å²) >= 11 is 0. The molecule has 0 radical (unpaired) electrons. The van der Waals surface area contributed by atoms with Crippen LogP contribution in [0.4, 0.5) is 0 Å². The first-order chi connectivity index (χ1) is 11.0. The first-order valence-electron chi connectivity index (χ1n) is 7.87. The molecule has 0 aliphatic carbocycles. The number of nitrogens with one attached hydrogen (secondary N) is 1. The number of carboxylic acid groups (broad SMARTS) is 1. The molecule has 1 fully saturated rings. The van der Waals surface area contributed by atoms with Crippen LogP contribution in [0.15, 0.2) is 18.2 Å². The molecule has 2 N–H and O–H groups in total. The van der Waals surface area contributed by atoms with Crippen molar-refractivity contribution < 1.29 is 19.4 Å². The number of carbonyl (C=O) groups is 2. The first kappa shape index (κ1) is 17.3. The third kappa shape index (κ3) is 5.25. The number of benzene rings is 1. The van der Waals surface area contributed by atoms with Gasteiger partial charge >= 0.3 is 5.97 Å². The number of aliphatic carboxylic acids is 1. The number of rotatable bonds is 6. The van der Waals surface area contributed by atoms with Crippen molar-refractivity contribution in [3.05, 3.63) is 29.3 Å². The third-order valence-corrected chi connectivity index (χ3v) is 4.06. The minimum atomic E-state index is -0.765. The predicted octanol–water partition coefficient (Wildman–Crippen LogP) is 1.55. The molecule has 0 aromatic heterocycles. The molecule has 1 heterocycles. The van der Waals surface area contributed by atoms with Crippen LogP contribution < -0.4 is 10.1 Å². The molecule has 6 heteroatoms. The number of carboxylic acids is 1. The van der Waals surface area contributed by atoms with Crippen LogP contribution in [0.1, 0.15) is 24.0 Å². The largest absolute Gasteiger partial charge is 0.483 e. The van der Waals surface area contributed by atoms with E-state index in [1.807, 2.05) is 36.9 Å². The third-order valence-electron chi connectivity index (χ3n) is 4.06. The number of amides is 1. The fourth-order valence-electron chi connectivity index (χ4n) is 2.66. The highest BCUT2D eigenvalue weighted by molar-refractivity contribution is 5.77. The van der Waals surface area contributed by atoms with Crippen LogP contribution in [0.25, 0.3) is 0 Å². The van der Waals surface area contributed by atoms with Gasteiger partial charge in [-0.15, -0.1) is 0 Å². The van der Waals surface area contributed by atoms with Crippen molar-refractivity contribution in [3.63, 3.8) is 0 Å². The Morgan fingerprint density at radius 3 is 2.91 bits per heavy atom. The quantitative estimate of drug-likeness (QED) is 0.831. The molecule has 1 unspecified atom stereocenters. The van der Waals surface area contributed by atoms with E-state index in [1.54, 1.807) is 0 Å². The molecule has 1 aliphatic heterocycles. The van der Waals surface area contributed by atoms with Gasteiger partial charge in [-0.3, -0.25) is 14.5 Å². The minimum Gasteiger partial charge on any atom is -0.483 e. The monoisotopic (exact) mass is 320 g/mol. The molecular formula is C17H24N2O4. The molecule has 1 saturated heterocycles. The fourth-order valence-corrected chi connectivity index (χ4v) is 2.66. The van der Waals surface area contributed by atoms with Gasteiger partial charge in [0.2, 0.25) is 0 Å². The molecule has 1 aromatic carbocycles. The average molecular weight is 320 g/mol. The Labute approximate surface area is 136 Å². The summed E-state index contributed by atoms with van der Waals surface area (Å²) in [6, 6.07) is 5.87. The smallest absolute Gasteiger partial charge is 0.307 e. The fraction of sp³-hybridized carbons (Fsp3) is 0.529. The van der Waals surface area contributed by atoms with E-state index in [-0.39, 0.29) is 18.4 Å². The summed E-state index contributed by atoms with van der Waals surface area (Å²) in [6.07, 6.45) is 1.54. The van der Waals surface area contributed by atoms with Crippen LogP contribution in [-0.4, -0.2) is 48.2 Å². The number of ether oxygens (including phenoxy) is 1. The molecule has 126 valence electrons. The van der Waals surface area contributed by atoms with Crippen LogP contribution in [0.3, 0.4) is 0 Å². The zero-order valence-corrected chi connectivity index (χ0v) is 13.7. The maximum Gasteiger partial charge on any atom is 0.307 e. The van der Waals surface area contributed by atoms with Crippen molar-refractivity contribution in [2.75, 3.05) is 26.4 Å². The average Bonchev–Trinajstić information content (AvgIpc) is 2.54. The normalized spacial score (nSPS) is 18.4. The number of nitrogens with zero attached hydrogens (tertiary/aromatic N) is 1. The van der Waals surface area contributed by atoms with Crippen LogP contribution in [-0.2, 0) is 9.59 Å². The molecule has 1 amide bonds. The van der Waals surface area contributed by atoms with Gasteiger partial charge in [0, 0.05) is 6.54 Å². The van der Waals surface area contributed by atoms with Crippen LogP contribution in [0.2, 0.25) is 0 Å². The minimum absolute atomic E-state index is 0.0412. The maximum atomic E-state index is 11.9. The van der Waals surface area contributed by atoms with Gasteiger partial charge in [0.05, 0.1) is 12.6 Å². The summed E-state index contributed by atoms with van der Waals surface area (Å²) in [5.41, 5.74) is 2.07. The van der Waals surface area contributed by atoms with Gasteiger partial charge in [-0.2, -0.15) is 0 Å². The van der Waals surface area contributed by atoms with Crippen LogP contribution >= 0.6 is 0 Å². The van der Waals surface area contributed by atoms with Crippen LogP contribution in [0, 0.1) is 19.8 Å². The lowest BCUT2D eigenvalue weighted by Gasteiger charge is -2.30. The van der Waals surface area contributed by atoms with E-state index in [0.717, 1.165) is 24.1 Å². The highest BCUT2D eigenvalue weighted by Gasteiger charge is 2.25. The maximum absolute atomic E-state index is 11.9. The van der Waals surface area contributed by atoms with E-state index in [2.05, 4.69) is 5.32 Å². The summed E-state index contributed by atoms with van der Waals surface area (Å²) in [6.45, 7) is 5.52. The van der Waals surface area contributed by atoms with Gasteiger partial charge in [0.15, 0.2) is 6.61 Å². The number of hydrogen-bond acceptors (Lipinski definition) is 4. The van der Waals surface area contributed by atoms with E-state index < -0.39 is 5.97 Å². The standard InChI is InChI=1S/C17H24N2O4/c1-12-5-6-13(2)15(8-12)23-10-16(20)18-11-19-7-3-4-14(9-19)17(21)22/h5-6,8,14H,3-4,7,9-11H2,1-2H3,(H,18,20)(H,21,22). The van der Waals surface area contributed by atoms with Crippen molar-refractivity contribution in [2.24, 2.45) is 5.92 Å². The first-order valence-corrected chi connectivity index (χ1v) is 7.87.